The van der Waals surface area contributed by atoms with E-state index in [9.17, 15) is 0 Å². The molecule has 2 N–H and O–H groups in total. The van der Waals surface area contributed by atoms with Gasteiger partial charge in [0.15, 0.2) is 0 Å². The summed E-state index contributed by atoms with van der Waals surface area (Å²) < 4.78 is 7.50. The minimum absolute atomic E-state index is 0.183. The van der Waals surface area contributed by atoms with Crippen LogP contribution in [0.5, 0.6) is 0 Å². The van der Waals surface area contributed by atoms with Gasteiger partial charge in [-0.1, -0.05) is 35.5 Å². The molecular weight excluding hydrogens is 352 g/mol. The third-order valence-corrected chi connectivity index (χ3v) is 6.03. The number of nitrogens with one attached hydrogen (secondary N) is 2. The Bertz CT molecular complexity index is 949. The highest BCUT2D eigenvalue weighted by atomic mass is 16.5. The summed E-state index contributed by atoms with van der Waals surface area (Å²) in [6, 6.07) is 11.0. The Morgan fingerprint density at radius 3 is 2.86 bits per heavy atom. The second kappa shape index (κ2) is 7.16. The molecule has 0 spiro atoms. The molecule has 2 aliphatic rings. The van der Waals surface area contributed by atoms with E-state index in [1.165, 1.54) is 11.1 Å². The summed E-state index contributed by atoms with van der Waals surface area (Å²) in [5.41, 5.74) is 11.6. The Morgan fingerprint density at radius 1 is 1.21 bits per heavy atom. The zero-order chi connectivity index (χ0) is 19.1. The van der Waals surface area contributed by atoms with Gasteiger partial charge in [0.2, 0.25) is 0 Å². The summed E-state index contributed by atoms with van der Waals surface area (Å²) in [7, 11) is 1.97. The highest BCUT2D eigenvalue weighted by Gasteiger charge is 2.43. The molecule has 3 unspecified atom stereocenters. The van der Waals surface area contributed by atoms with Gasteiger partial charge in [-0.15, -0.1) is 0 Å². The first-order valence-corrected chi connectivity index (χ1v) is 9.91. The molecular formula is C21H26N6O. The average molecular weight is 378 g/mol. The molecule has 7 nitrogen and oxygen atoms in total. The molecule has 1 aromatic carbocycles. The molecule has 0 saturated carbocycles. The number of hydrogen-bond acceptors (Lipinski definition) is 6. The van der Waals surface area contributed by atoms with Gasteiger partial charge in [0.1, 0.15) is 11.5 Å². The summed E-state index contributed by atoms with van der Waals surface area (Å²) >= 11 is 0. The topological polar surface area (TPSA) is 71.2 Å². The number of aryl methyl sites for hydroxylation is 2. The van der Waals surface area contributed by atoms with Crippen molar-refractivity contribution >= 4 is 0 Å². The van der Waals surface area contributed by atoms with Gasteiger partial charge in [-0.3, -0.25) is 15.0 Å². The fourth-order valence-corrected chi connectivity index (χ4v) is 4.66. The first-order chi connectivity index (χ1) is 13.7. The molecule has 2 fully saturated rings. The molecule has 28 heavy (non-hydrogen) atoms. The second-order valence-corrected chi connectivity index (χ2v) is 7.95. The van der Waals surface area contributed by atoms with Crippen LogP contribution in [0.3, 0.4) is 0 Å². The summed E-state index contributed by atoms with van der Waals surface area (Å²) in [6.45, 7) is 5.08. The van der Waals surface area contributed by atoms with Crippen molar-refractivity contribution in [1.82, 2.24) is 30.7 Å². The van der Waals surface area contributed by atoms with E-state index in [0.717, 1.165) is 43.1 Å². The number of nitrogens with zero attached hydrogens (tertiary/aromatic N) is 4. The predicted molar refractivity (Wildman–Crippen MR) is 106 cm³/mol. The Hall–Kier alpha value is -2.48. The lowest BCUT2D eigenvalue weighted by atomic mass is 9.83. The van der Waals surface area contributed by atoms with Crippen molar-refractivity contribution in [1.29, 1.82) is 0 Å². The number of hydrogen-bond donors (Lipinski definition) is 2. The maximum atomic E-state index is 5.63. The fraction of sp³-hybridized carbons (Fsp3) is 0.429. The van der Waals surface area contributed by atoms with E-state index in [-0.39, 0.29) is 6.04 Å². The van der Waals surface area contributed by atoms with Crippen molar-refractivity contribution in [3.63, 3.8) is 0 Å². The van der Waals surface area contributed by atoms with Crippen molar-refractivity contribution < 1.29 is 4.52 Å². The molecule has 0 amide bonds. The van der Waals surface area contributed by atoms with Crippen molar-refractivity contribution in [2.45, 2.75) is 32.0 Å². The normalized spacial score (nSPS) is 25.1. The number of fused-ring (bicyclic) bond motifs is 1. The maximum absolute atomic E-state index is 5.63. The van der Waals surface area contributed by atoms with E-state index in [2.05, 4.69) is 44.3 Å². The second-order valence-electron chi connectivity index (χ2n) is 7.95. The zero-order valence-electron chi connectivity index (χ0n) is 16.3. The molecule has 2 aliphatic heterocycles. The van der Waals surface area contributed by atoms with E-state index >= 15 is 0 Å². The van der Waals surface area contributed by atoms with Gasteiger partial charge < -0.3 is 4.52 Å². The van der Waals surface area contributed by atoms with Crippen LogP contribution in [0.2, 0.25) is 0 Å². The van der Waals surface area contributed by atoms with Gasteiger partial charge >= 0.3 is 0 Å². The minimum Gasteiger partial charge on any atom is -0.361 e. The largest absolute Gasteiger partial charge is 0.361 e. The average Bonchev–Trinajstić information content (AvgIpc) is 3.41. The van der Waals surface area contributed by atoms with Crippen LogP contribution in [-0.4, -0.2) is 39.0 Å². The lowest BCUT2D eigenvalue weighted by Crippen LogP contribution is -2.45. The number of likely N-dealkylation sites (tertiary alicyclic amines) is 1. The molecule has 5 rings (SSSR count). The smallest absolute Gasteiger partial charge is 0.139 e. The monoisotopic (exact) mass is 378 g/mol. The number of benzene rings is 1. The summed E-state index contributed by atoms with van der Waals surface area (Å²) in [5.74, 6) is 1.36. The van der Waals surface area contributed by atoms with Crippen molar-refractivity contribution in [2.75, 3.05) is 13.1 Å². The summed E-state index contributed by atoms with van der Waals surface area (Å²) in [4.78, 5) is 2.53. The molecule has 7 heteroatoms. The van der Waals surface area contributed by atoms with Gasteiger partial charge in [-0.05, 0) is 13.3 Å². The Balaban J connectivity index is 1.40. The predicted octanol–water partition coefficient (Wildman–Crippen LogP) is 2.42. The van der Waals surface area contributed by atoms with E-state index in [4.69, 9.17) is 4.52 Å². The SMILES string of the molecule is Cc1onc(-c2ccccc2)c1C1NNC2CCN(Cc3cnn(C)c3)CC21. The third kappa shape index (κ3) is 3.15. The van der Waals surface area contributed by atoms with Crippen LogP contribution >= 0.6 is 0 Å². The minimum atomic E-state index is 0.183. The first kappa shape index (κ1) is 17.6. The van der Waals surface area contributed by atoms with Crippen LogP contribution in [0.4, 0.5) is 0 Å². The van der Waals surface area contributed by atoms with Gasteiger partial charge in [-0.2, -0.15) is 5.10 Å². The van der Waals surface area contributed by atoms with Gasteiger partial charge in [0.25, 0.3) is 0 Å². The lowest BCUT2D eigenvalue weighted by Gasteiger charge is -2.36. The lowest BCUT2D eigenvalue weighted by molar-refractivity contribution is 0.148. The number of hydrazine groups is 1. The van der Waals surface area contributed by atoms with Gasteiger partial charge in [-0.25, -0.2) is 5.43 Å². The molecule has 0 radical (unpaired) electrons. The molecule has 3 aromatic rings. The van der Waals surface area contributed by atoms with Crippen LogP contribution in [0.15, 0.2) is 47.2 Å². The molecule has 3 atom stereocenters. The number of aromatic nitrogens is 3. The highest BCUT2D eigenvalue weighted by Crippen LogP contribution is 2.39. The molecule has 2 aromatic heterocycles. The van der Waals surface area contributed by atoms with Crippen LogP contribution in [0.1, 0.15) is 29.3 Å². The first-order valence-electron chi connectivity index (χ1n) is 9.91. The van der Waals surface area contributed by atoms with E-state index in [0.29, 0.717) is 12.0 Å². The Morgan fingerprint density at radius 2 is 2.07 bits per heavy atom. The van der Waals surface area contributed by atoms with E-state index in [1.807, 2.05) is 43.0 Å². The number of rotatable bonds is 4. The molecule has 0 bridgehead atoms. The summed E-state index contributed by atoms with van der Waals surface area (Å²) in [5, 5.41) is 8.70. The van der Waals surface area contributed by atoms with E-state index < -0.39 is 0 Å². The molecule has 2 saturated heterocycles. The van der Waals surface area contributed by atoms with Crippen molar-refractivity contribution in [2.24, 2.45) is 13.0 Å². The third-order valence-electron chi connectivity index (χ3n) is 6.03. The van der Waals surface area contributed by atoms with Crippen LogP contribution in [0.25, 0.3) is 11.3 Å². The van der Waals surface area contributed by atoms with Crippen LogP contribution < -0.4 is 10.9 Å². The maximum Gasteiger partial charge on any atom is 0.139 e. The van der Waals surface area contributed by atoms with Crippen LogP contribution in [-0.2, 0) is 13.6 Å². The van der Waals surface area contributed by atoms with Crippen molar-refractivity contribution in [3.05, 3.63) is 59.6 Å². The standard InChI is InChI=1S/C21H26N6O/c1-14-19(20(25-28-14)16-6-4-3-5-7-16)21-17-13-27(9-8-18(17)23-24-21)12-15-10-22-26(2)11-15/h3-7,10-11,17-18,21,23-24H,8-9,12-13H2,1-2H3. The fourth-order valence-electron chi connectivity index (χ4n) is 4.66. The van der Waals surface area contributed by atoms with Gasteiger partial charge in [0.05, 0.1) is 12.2 Å². The number of piperidine rings is 1. The highest BCUT2D eigenvalue weighted by molar-refractivity contribution is 5.64. The Labute approximate surface area is 164 Å². The zero-order valence-corrected chi connectivity index (χ0v) is 16.3. The van der Waals surface area contributed by atoms with E-state index in [1.54, 1.807) is 0 Å². The van der Waals surface area contributed by atoms with Crippen LogP contribution in [0, 0.1) is 12.8 Å². The molecule has 146 valence electrons. The van der Waals surface area contributed by atoms with Crippen molar-refractivity contribution in [3.8, 4) is 11.3 Å². The summed E-state index contributed by atoms with van der Waals surface area (Å²) in [6.07, 6.45) is 5.19. The van der Waals surface area contributed by atoms with Gasteiger partial charge in [0, 0.05) is 61.5 Å². The quantitative estimate of drug-likeness (QED) is 0.727. The molecule has 4 heterocycles. The Kier molecular flexibility index (Phi) is 4.50. The molecule has 0 aliphatic carbocycles.